The van der Waals surface area contributed by atoms with Crippen LogP contribution in [-0.4, -0.2) is 32.5 Å². The molecule has 0 rings (SSSR count). The van der Waals surface area contributed by atoms with Crippen molar-refractivity contribution in [2.24, 2.45) is 0 Å². The molecule has 1 atom stereocenters. The Hall–Kier alpha value is -0.0900. The summed E-state index contributed by atoms with van der Waals surface area (Å²) >= 11 is 0. The summed E-state index contributed by atoms with van der Waals surface area (Å²) < 4.78 is 23.1. The maximum absolute atomic E-state index is 11.5. The van der Waals surface area contributed by atoms with Crippen molar-refractivity contribution in [1.29, 1.82) is 0 Å². The minimum Gasteiger partial charge on any atom is -0.314 e. The van der Waals surface area contributed by atoms with E-state index in [0.29, 0.717) is 11.8 Å². The van der Waals surface area contributed by atoms with Crippen LogP contribution in [0.2, 0.25) is 0 Å². The summed E-state index contributed by atoms with van der Waals surface area (Å²) in [4.78, 5) is 0. The molecule has 0 aliphatic rings. The van der Waals surface area contributed by atoms with E-state index in [1.54, 1.807) is 6.92 Å². The van der Waals surface area contributed by atoms with Crippen LogP contribution in [0, 0.1) is 0 Å². The summed E-state index contributed by atoms with van der Waals surface area (Å²) in [5.74, 6) is 0.627. The van der Waals surface area contributed by atoms with Gasteiger partial charge in [-0.2, -0.15) is 0 Å². The predicted molar refractivity (Wildman–Crippen MR) is 93.6 cm³/mol. The largest absolute Gasteiger partial charge is 0.314 e. The molecule has 3 nitrogen and oxygen atoms in total. The standard InChI is InChI=1S/C17H37NO2S/c1-4-7-8-9-10-11-13-17(18-15-5-2)14-12-16-21(19,20)6-3/h17-18H,4-16H2,1-3H3. The van der Waals surface area contributed by atoms with Gasteiger partial charge in [-0.25, -0.2) is 8.42 Å². The highest BCUT2D eigenvalue weighted by atomic mass is 32.2. The van der Waals surface area contributed by atoms with Crippen molar-refractivity contribution < 1.29 is 8.42 Å². The first-order valence-corrected chi connectivity index (χ1v) is 10.8. The third-order valence-corrected chi connectivity index (χ3v) is 5.83. The average Bonchev–Trinajstić information content (AvgIpc) is 2.47. The first-order valence-electron chi connectivity index (χ1n) is 8.99. The lowest BCUT2D eigenvalue weighted by Gasteiger charge is -2.18. The molecular formula is C17H37NO2S. The van der Waals surface area contributed by atoms with Crippen molar-refractivity contribution in [3.8, 4) is 0 Å². The summed E-state index contributed by atoms with van der Waals surface area (Å²) in [5, 5.41) is 3.58. The minimum atomic E-state index is -2.80. The van der Waals surface area contributed by atoms with Crippen molar-refractivity contribution in [3.63, 3.8) is 0 Å². The molecule has 0 spiro atoms. The van der Waals surface area contributed by atoms with Gasteiger partial charge in [-0.1, -0.05) is 59.3 Å². The Labute approximate surface area is 133 Å². The van der Waals surface area contributed by atoms with Crippen LogP contribution >= 0.6 is 0 Å². The molecule has 0 heterocycles. The molecule has 0 fully saturated rings. The Bertz CT molecular complexity index is 315. The smallest absolute Gasteiger partial charge is 0.150 e. The lowest BCUT2D eigenvalue weighted by Crippen LogP contribution is -2.30. The van der Waals surface area contributed by atoms with E-state index in [0.717, 1.165) is 25.8 Å². The van der Waals surface area contributed by atoms with Crippen molar-refractivity contribution in [1.82, 2.24) is 5.32 Å². The van der Waals surface area contributed by atoms with Crippen LogP contribution in [0.3, 0.4) is 0 Å². The fraction of sp³-hybridized carbons (Fsp3) is 1.00. The summed E-state index contributed by atoms with van der Waals surface area (Å²) in [5.41, 5.74) is 0. The van der Waals surface area contributed by atoms with Gasteiger partial charge in [0.15, 0.2) is 0 Å². The lowest BCUT2D eigenvalue weighted by atomic mass is 10.0. The summed E-state index contributed by atoms with van der Waals surface area (Å²) in [6, 6.07) is 0.503. The Morgan fingerprint density at radius 3 is 2.05 bits per heavy atom. The van der Waals surface area contributed by atoms with E-state index in [1.807, 2.05) is 0 Å². The second-order valence-corrected chi connectivity index (χ2v) is 8.56. The Morgan fingerprint density at radius 1 is 0.810 bits per heavy atom. The fourth-order valence-corrected chi connectivity index (χ4v) is 3.46. The molecule has 0 aromatic carbocycles. The monoisotopic (exact) mass is 319 g/mol. The Morgan fingerprint density at radius 2 is 1.43 bits per heavy atom. The molecule has 0 aliphatic carbocycles. The van der Waals surface area contributed by atoms with Crippen LogP contribution < -0.4 is 5.32 Å². The highest BCUT2D eigenvalue weighted by Crippen LogP contribution is 2.12. The maximum Gasteiger partial charge on any atom is 0.150 e. The zero-order chi connectivity index (χ0) is 16.0. The molecule has 0 aromatic rings. The number of unbranched alkanes of at least 4 members (excludes halogenated alkanes) is 5. The van der Waals surface area contributed by atoms with E-state index in [-0.39, 0.29) is 5.75 Å². The number of nitrogens with one attached hydrogen (secondary N) is 1. The van der Waals surface area contributed by atoms with Crippen LogP contribution in [0.4, 0.5) is 0 Å². The number of hydrogen-bond donors (Lipinski definition) is 1. The van der Waals surface area contributed by atoms with Gasteiger partial charge >= 0.3 is 0 Å². The lowest BCUT2D eigenvalue weighted by molar-refractivity contribution is 0.426. The Kier molecular flexibility index (Phi) is 13.5. The van der Waals surface area contributed by atoms with Crippen molar-refractivity contribution in [2.75, 3.05) is 18.1 Å². The van der Waals surface area contributed by atoms with E-state index in [1.165, 1.54) is 44.9 Å². The second kappa shape index (κ2) is 13.6. The van der Waals surface area contributed by atoms with Crippen LogP contribution in [0.5, 0.6) is 0 Å². The van der Waals surface area contributed by atoms with Crippen LogP contribution in [0.1, 0.15) is 85.0 Å². The van der Waals surface area contributed by atoms with Gasteiger partial charge in [-0.15, -0.1) is 0 Å². The van der Waals surface area contributed by atoms with Crippen molar-refractivity contribution in [2.45, 2.75) is 91.0 Å². The topological polar surface area (TPSA) is 46.2 Å². The molecule has 1 unspecified atom stereocenters. The second-order valence-electron chi connectivity index (χ2n) is 6.09. The van der Waals surface area contributed by atoms with Crippen molar-refractivity contribution in [3.05, 3.63) is 0 Å². The fourth-order valence-electron chi connectivity index (χ4n) is 2.56. The SMILES string of the molecule is CCCCCCCCC(CCCS(=O)(=O)CC)NCCC. The minimum absolute atomic E-state index is 0.275. The first-order chi connectivity index (χ1) is 10.1. The van der Waals surface area contributed by atoms with Crippen LogP contribution in [-0.2, 0) is 9.84 Å². The van der Waals surface area contributed by atoms with Gasteiger partial charge in [-0.05, 0) is 32.2 Å². The van der Waals surface area contributed by atoms with Gasteiger partial charge in [0, 0.05) is 11.8 Å². The first kappa shape index (κ1) is 20.9. The van der Waals surface area contributed by atoms with Gasteiger partial charge in [0.05, 0.1) is 5.75 Å². The van der Waals surface area contributed by atoms with Crippen LogP contribution in [0.15, 0.2) is 0 Å². The average molecular weight is 320 g/mol. The molecule has 4 heteroatoms. The number of hydrogen-bond acceptors (Lipinski definition) is 3. The van der Waals surface area contributed by atoms with E-state index in [2.05, 4.69) is 19.2 Å². The molecule has 0 saturated carbocycles. The van der Waals surface area contributed by atoms with E-state index < -0.39 is 9.84 Å². The molecule has 0 radical (unpaired) electrons. The summed E-state index contributed by atoms with van der Waals surface area (Å²) in [7, 11) is -2.80. The third kappa shape index (κ3) is 13.3. The van der Waals surface area contributed by atoms with E-state index in [4.69, 9.17) is 0 Å². The molecular weight excluding hydrogens is 282 g/mol. The van der Waals surface area contributed by atoms with Gasteiger partial charge in [-0.3, -0.25) is 0 Å². The highest BCUT2D eigenvalue weighted by Gasteiger charge is 2.11. The molecule has 0 saturated heterocycles. The van der Waals surface area contributed by atoms with Gasteiger partial charge in [0.2, 0.25) is 0 Å². The normalized spacial score (nSPS) is 13.5. The molecule has 0 bridgehead atoms. The quantitative estimate of drug-likeness (QED) is 0.457. The van der Waals surface area contributed by atoms with Gasteiger partial charge in [0.25, 0.3) is 0 Å². The zero-order valence-corrected chi connectivity index (χ0v) is 15.3. The maximum atomic E-state index is 11.5. The third-order valence-electron chi connectivity index (χ3n) is 4.04. The molecule has 0 aliphatic heterocycles. The van der Waals surface area contributed by atoms with E-state index >= 15 is 0 Å². The van der Waals surface area contributed by atoms with Crippen LogP contribution in [0.25, 0.3) is 0 Å². The van der Waals surface area contributed by atoms with Gasteiger partial charge in [0.1, 0.15) is 9.84 Å². The van der Waals surface area contributed by atoms with Gasteiger partial charge < -0.3 is 5.32 Å². The molecule has 0 amide bonds. The molecule has 21 heavy (non-hydrogen) atoms. The number of sulfone groups is 1. The molecule has 1 N–H and O–H groups in total. The molecule has 0 aromatic heterocycles. The van der Waals surface area contributed by atoms with Crippen molar-refractivity contribution >= 4 is 9.84 Å². The summed E-state index contributed by atoms with van der Waals surface area (Å²) in [6.45, 7) is 7.20. The molecule has 128 valence electrons. The highest BCUT2D eigenvalue weighted by molar-refractivity contribution is 7.91. The summed E-state index contributed by atoms with van der Waals surface area (Å²) in [6.07, 6.45) is 12.1. The Balaban J connectivity index is 3.86. The van der Waals surface area contributed by atoms with E-state index in [9.17, 15) is 8.42 Å². The predicted octanol–water partition coefficient (Wildman–Crippen LogP) is 4.32. The zero-order valence-electron chi connectivity index (χ0n) is 14.5. The number of rotatable bonds is 15.